The van der Waals surface area contributed by atoms with Crippen LogP contribution in [-0.4, -0.2) is 42.6 Å². The van der Waals surface area contributed by atoms with Gasteiger partial charge in [0.25, 0.3) is 0 Å². The quantitative estimate of drug-likeness (QED) is 0.902. The SMILES string of the molecule is CCc1cc2c(N3CCNC(=O)CC3)nc(NC)nc2s1. The van der Waals surface area contributed by atoms with Crippen molar-refractivity contribution in [2.24, 2.45) is 0 Å². The van der Waals surface area contributed by atoms with Crippen LogP contribution in [0, 0.1) is 0 Å². The highest BCUT2D eigenvalue weighted by Crippen LogP contribution is 2.32. The summed E-state index contributed by atoms with van der Waals surface area (Å²) in [6, 6.07) is 2.18. The lowest BCUT2D eigenvalue weighted by Crippen LogP contribution is -2.29. The number of hydrogen-bond donors (Lipinski definition) is 2. The molecule has 2 aromatic rings. The van der Waals surface area contributed by atoms with E-state index in [0.29, 0.717) is 25.5 Å². The average Bonchev–Trinajstić information content (AvgIpc) is 2.80. The molecule has 0 spiro atoms. The molecule has 3 heterocycles. The minimum Gasteiger partial charge on any atom is -0.357 e. The van der Waals surface area contributed by atoms with Crippen LogP contribution in [-0.2, 0) is 11.2 Å². The number of nitrogens with zero attached hydrogens (tertiary/aromatic N) is 3. The van der Waals surface area contributed by atoms with Crippen LogP contribution < -0.4 is 15.5 Å². The monoisotopic (exact) mass is 305 g/mol. The number of aromatic nitrogens is 2. The third kappa shape index (κ3) is 2.78. The number of hydrogen-bond acceptors (Lipinski definition) is 6. The van der Waals surface area contributed by atoms with Crippen molar-refractivity contribution in [3.8, 4) is 0 Å². The van der Waals surface area contributed by atoms with E-state index >= 15 is 0 Å². The van der Waals surface area contributed by atoms with Crippen LogP contribution in [0.25, 0.3) is 10.2 Å². The molecule has 0 aromatic carbocycles. The summed E-state index contributed by atoms with van der Waals surface area (Å²) in [5.74, 6) is 1.67. The van der Waals surface area contributed by atoms with Gasteiger partial charge in [0.15, 0.2) is 0 Å². The van der Waals surface area contributed by atoms with Gasteiger partial charge in [-0.05, 0) is 12.5 Å². The van der Waals surface area contributed by atoms with E-state index in [1.54, 1.807) is 11.3 Å². The summed E-state index contributed by atoms with van der Waals surface area (Å²) >= 11 is 1.71. The van der Waals surface area contributed by atoms with Crippen molar-refractivity contribution in [2.45, 2.75) is 19.8 Å². The molecule has 1 amide bonds. The van der Waals surface area contributed by atoms with Gasteiger partial charge in [0.1, 0.15) is 10.6 Å². The van der Waals surface area contributed by atoms with Gasteiger partial charge in [0.05, 0.1) is 5.39 Å². The number of amides is 1. The predicted molar refractivity (Wildman–Crippen MR) is 86.2 cm³/mol. The van der Waals surface area contributed by atoms with Gasteiger partial charge in [-0.15, -0.1) is 11.3 Å². The smallest absolute Gasteiger partial charge is 0.225 e. The van der Waals surface area contributed by atoms with Crippen molar-refractivity contribution < 1.29 is 4.79 Å². The van der Waals surface area contributed by atoms with Gasteiger partial charge < -0.3 is 15.5 Å². The molecule has 0 aliphatic carbocycles. The molecule has 1 aliphatic heterocycles. The van der Waals surface area contributed by atoms with E-state index in [0.717, 1.165) is 29.0 Å². The highest BCUT2D eigenvalue weighted by Gasteiger charge is 2.19. The molecule has 1 fully saturated rings. The maximum Gasteiger partial charge on any atom is 0.225 e. The van der Waals surface area contributed by atoms with Crippen LogP contribution in [0.3, 0.4) is 0 Å². The van der Waals surface area contributed by atoms with Crippen LogP contribution in [0.2, 0.25) is 0 Å². The van der Waals surface area contributed by atoms with Crippen molar-refractivity contribution in [3.05, 3.63) is 10.9 Å². The molecule has 112 valence electrons. The van der Waals surface area contributed by atoms with Crippen LogP contribution in [0.4, 0.5) is 11.8 Å². The number of anilines is 2. The molecule has 0 bridgehead atoms. The largest absolute Gasteiger partial charge is 0.357 e. The Morgan fingerprint density at radius 3 is 3.05 bits per heavy atom. The number of fused-ring (bicyclic) bond motifs is 1. The van der Waals surface area contributed by atoms with Crippen LogP contribution in [0.15, 0.2) is 6.07 Å². The van der Waals surface area contributed by atoms with E-state index < -0.39 is 0 Å². The Morgan fingerprint density at radius 2 is 2.29 bits per heavy atom. The zero-order valence-corrected chi connectivity index (χ0v) is 13.1. The Kier molecular flexibility index (Phi) is 3.92. The minimum absolute atomic E-state index is 0.108. The summed E-state index contributed by atoms with van der Waals surface area (Å²) < 4.78 is 0. The first-order valence-corrected chi connectivity index (χ1v) is 8.02. The maximum absolute atomic E-state index is 11.5. The molecular formula is C14H19N5OS. The third-order valence-electron chi connectivity index (χ3n) is 3.61. The zero-order valence-electron chi connectivity index (χ0n) is 12.3. The Bertz CT molecular complexity index is 669. The number of thiophene rings is 1. The Balaban J connectivity index is 2.06. The molecule has 6 nitrogen and oxygen atoms in total. The fourth-order valence-corrected chi connectivity index (χ4v) is 3.42. The van der Waals surface area contributed by atoms with E-state index in [4.69, 9.17) is 0 Å². The van der Waals surface area contributed by atoms with Gasteiger partial charge in [0, 0.05) is 38.0 Å². The van der Waals surface area contributed by atoms with E-state index in [1.165, 1.54) is 4.88 Å². The molecule has 2 aromatic heterocycles. The second-order valence-electron chi connectivity index (χ2n) is 4.99. The lowest BCUT2D eigenvalue weighted by molar-refractivity contribution is -0.120. The lowest BCUT2D eigenvalue weighted by Gasteiger charge is -2.21. The molecule has 0 atom stereocenters. The summed E-state index contributed by atoms with van der Waals surface area (Å²) in [5, 5.41) is 7.01. The first-order valence-electron chi connectivity index (χ1n) is 7.21. The number of carbonyl (C=O) groups excluding carboxylic acids is 1. The minimum atomic E-state index is 0.108. The zero-order chi connectivity index (χ0) is 14.8. The van der Waals surface area contributed by atoms with E-state index in [2.05, 4.69) is 38.5 Å². The first kappa shape index (κ1) is 14.1. The second-order valence-corrected chi connectivity index (χ2v) is 6.11. The molecule has 0 unspecified atom stereocenters. The van der Waals surface area contributed by atoms with Gasteiger partial charge >= 0.3 is 0 Å². The number of rotatable bonds is 3. The normalized spacial score (nSPS) is 15.9. The van der Waals surface area contributed by atoms with Gasteiger partial charge in [0.2, 0.25) is 11.9 Å². The number of carbonyl (C=O) groups is 1. The molecule has 2 N–H and O–H groups in total. The van der Waals surface area contributed by atoms with Crippen LogP contribution in [0.1, 0.15) is 18.2 Å². The van der Waals surface area contributed by atoms with Crippen molar-refractivity contribution in [1.82, 2.24) is 15.3 Å². The number of nitrogens with one attached hydrogen (secondary N) is 2. The van der Waals surface area contributed by atoms with Crippen molar-refractivity contribution >= 4 is 39.2 Å². The third-order valence-corrected chi connectivity index (χ3v) is 4.78. The molecule has 0 radical (unpaired) electrons. The first-order chi connectivity index (χ1) is 10.2. The molecule has 1 aliphatic rings. The molecule has 21 heavy (non-hydrogen) atoms. The van der Waals surface area contributed by atoms with Crippen molar-refractivity contribution in [1.29, 1.82) is 0 Å². The maximum atomic E-state index is 11.5. The fraction of sp³-hybridized carbons (Fsp3) is 0.500. The highest BCUT2D eigenvalue weighted by atomic mass is 32.1. The summed E-state index contributed by atoms with van der Waals surface area (Å²) in [4.78, 5) is 25.2. The molecule has 1 saturated heterocycles. The Hall–Kier alpha value is -1.89. The molecule has 7 heteroatoms. The lowest BCUT2D eigenvalue weighted by atomic mass is 10.3. The number of aryl methyl sites for hydroxylation is 1. The highest BCUT2D eigenvalue weighted by molar-refractivity contribution is 7.18. The van der Waals surface area contributed by atoms with E-state index in [9.17, 15) is 4.79 Å². The van der Waals surface area contributed by atoms with Crippen LogP contribution in [0.5, 0.6) is 0 Å². The van der Waals surface area contributed by atoms with Crippen LogP contribution >= 0.6 is 11.3 Å². The van der Waals surface area contributed by atoms with Gasteiger partial charge in [-0.2, -0.15) is 4.98 Å². The summed E-state index contributed by atoms with van der Waals surface area (Å²) in [6.07, 6.45) is 1.50. The molecular weight excluding hydrogens is 286 g/mol. The summed E-state index contributed by atoms with van der Waals surface area (Å²) in [7, 11) is 1.83. The average molecular weight is 305 g/mol. The van der Waals surface area contributed by atoms with E-state index in [1.807, 2.05) is 7.05 Å². The summed E-state index contributed by atoms with van der Waals surface area (Å²) in [6.45, 7) is 4.27. The van der Waals surface area contributed by atoms with Gasteiger partial charge in [-0.3, -0.25) is 4.79 Å². The predicted octanol–water partition coefficient (Wildman–Crippen LogP) is 1.62. The van der Waals surface area contributed by atoms with Gasteiger partial charge in [-0.1, -0.05) is 6.92 Å². The van der Waals surface area contributed by atoms with E-state index in [-0.39, 0.29) is 5.91 Å². The fourth-order valence-electron chi connectivity index (χ4n) is 2.46. The second kappa shape index (κ2) is 5.85. The Labute approximate surface area is 127 Å². The topological polar surface area (TPSA) is 70.2 Å². The standard InChI is InChI=1S/C14H19N5OS/c1-3-9-8-10-12(17-14(15-2)18-13(10)21-9)19-6-4-11(20)16-5-7-19/h8H,3-7H2,1-2H3,(H,16,20)(H,15,17,18). The van der Waals surface area contributed by atoms with Crippen molar-refractivity contribution in [3.63, 3.8) is 0 Å². The van der Waals surface area contributed by atoms with Crippen molar-refractivity contribution in [2.75, 3.05) is 36.9 Å². The Morgan fingerprint density at radius 1 is 1.43 bits per heavy atom. The molecule has 3 rings (SSSR count). The molecule has 0 saturated carbocycles. The summed E-state index contributed by atoms with van der Waals surface area (Å²) in [5.41, 5.74) is 0. The van der Waals surface area contributed by atoms with Gasteiger partial charge in [-0.25, -0.2) is 4.98 Å².